The van der Waals surface area contributed by atoms with Crippen LogP contribution in [0.25, 0.3) is 0 Å². The van der Waals surface area contributed by atoms with Gasteiger partial charge in [-0.1, -0.05) is 29.8 Å². The monoisotopic (exact) mass is 504 g/mol. The molecule has 0 amide bonds. The number of piperazine rings is 1. The summed E-state index contributed by atoms with van der Waals surface area (Å²) in [6, 6.07) is 13.9. The highest BCUT2D eigenvalue weighted by Crippen LogP contribution is 2.20. The number of hydrogen-bond donors (Lipinski definition) is 2. The van der Waals surface area contributed by atoms with Gasteiger partial charge >= 0.3 is 0 Å². The zero-order chi connectivity index (χ0) is 18.5. The average Bonchev–Trinajstić information content (AvgIpc) is 2.67. The van der Waals surface area contributed by atoms with Crippen molar-refractivity contribution in [2.24, 2.45) is 10.7 Å². The second kappa shape index (κ2) is 10.1. The Labute approximate surface area is 180 Å². The Morgan fingerprint density at radius 1 is 1.11 bits per heavy atom. The quantitative estimate of drug-likeness (QED) is 0.381. The van der Waals surface area contributed by atoms with E-state index in [0.717, 1.165) is 36.9 Å². The van der Waals surface area contributed by atoms with Crippen LogP contribution >= 0.6 is 35.6 Å². The van der Waals surface area contributed by atoms with Crippen LogP contribution in [0, 0.1) is 5.82 Å². The van der Waals surface area contributed by atoms with E-state index in [4.69, 9.17) is 17.3 Å². The highest BCUT2D eigenvalue weighted by molar-refractivity contribution is 14.0. The summed E-state index contributed by atoms with van der Waals surface area (Å²) in [7, 11) is 0. The first kappa shape index (κ1) is 21.7. The molecule has 0 aromatic heterocycles. The Bertz CT molecular complexity index is 767. The van der Waals surface area contributed by atoms with Crippen molar-refractivity contribution in [3.63, 3.8) is 0 Å². The molecular formula is C19H23ClFIN4O. The van der Waals surface area contributed by atoms with Gasteiger partial charge in [-0.3, -0.25) is 4.99 Å². The van der Waals surface area contributed by atoms with Crippen molar-refractivity contribution < 1.29 is 9.50 Å². The fourth-order valence-electron chi connectivity index (χ4n) is 2.97. The van der Waals surface area contributed by atoms with Gasteiger partial charge in [0.2, 0.25) is 0 Å². The molecule has 2 aromatic rings. The van der Waals surface area contributed by atoms with Gasteiger partial charge in [0.1, 0.15) is 11.9 Å². The number of anilines is 1. The molecule has 1 unspecified atom stereocenters. The number of nitrogens with two attached hydrogens (primary N) is 1. The molecule has 0 radical (unpaired) electrons. The van der Waals surface area contributed by atoms with E-state index in [1.54, 1.807) is 18.2 Å². The first-order chi connectivity index (χ1) is 12.5. The molecule has 1 fully saturated rings. The van der Waals surface area contributed by atoms with Crippen LogP contribution in [0.5, 0.6) is 0 Å². The number of aliphatic imine (C=N–C) groups is 1. The van der Waals surface area contributed by atoms with E-state index in [2.05, 4.69) is 9.89 Å². The van der Waals surface area contributed by atoms with E-state index >= 15 is 0 Å². The van der Waals surface area contributed by atoms with Gasteiger partial charge in [0.05, 0.1) is 6.54 Å². The molecular weight excluding hydrogens is 482 g/mol. The number of rotatable bonds is 4. The molecule has 0 bridgehead atoms. The van der Waals surface area contributed by atoms with Gasteiger partial charge in [0.15, 0.2) is 5.96 Å². The number of hydrogen-bond acceptors (Lipinski definition) is 3. The Kier molecular flexibility index (Phi) is 8.12. The highest BCUT2D eigenvalue weighted by Gasteiger charge is 2.19. The van der Waals surface area contributed by atoms with Gasteiger partial charge in [0.25, 0.3) is 0 Å². The summed E-state index contributed by atoms with van der Waals surface area (Å²) in [5.41, 5.74) is 7.41. The first-order valence-electron chi connectivity index (χ1n) is 8.52. The Morgan fingerprint density at radius 3 is 2.37 bits per heavy atom. The predicted octanol–water partition coefficient (Wildman–Crippen LogP) is 3.27. The summed E-state index contributed by atoms with van der Waals surface area (Å²) in [6.07, 6.45) is -1.01. The molecule has 1 aliphatic heterocycles. The second-order valence-electron chi connectivity index (χ2n) is 6.19. The van der Waals surface area contributed by atoms with Crippen molar-refractivity contribution in [2.45, 2.75) is 6.10 Å². The maximum Gasteiger partial charge on any atom is 0.191 e. The highest BCUT2D eigenvalue weighted by atomic mass is 127. The van der Waals surface area contributed by atoms with Crippen LogP contribution in [0.3, 0.4) is 0 Å². The lowest BCUT2D eigenvalue weighted by molar-refractivity contribution is 0.181. The fraction of sp³-hybridized carbons (Fsp3) is 0.316. The summed E-state index contributed by atoms with van der Waals surface area (Å²) in [4.78, 5) is 8.47. The number of guanidine groups is 1. The van der Waals surface area contributed by atoms with Crippen molar-refractivity contribution in [1.82, 2.24) is 4.90 Å². The molecule has 1 atom stereocenters. The zero-order valence-electron chi connectivity index (χ0n) is 14.8. The number of nitrogens with zero attached hydrogens (tertiary/aromatic N) is 3. The van der Waals surface area contributed by atoms with E-state index in [9.17, 15) is 9.50 Å². The third kappa shape index (κ3) is 5.70. The SMILES string of the molecule is I.NC(=NCC(O)c1ccccc1F)N1CCN(c2ccc(Cl)cc2)CC1. The lowest BCUT2D eigenvalue weighted by Gasteiger charge is -2.36. The maximum absolute atomic E-state index is 13.7. The molecule has 3 N–H and O–H groups in total. The van der Waals surface area contributed by atoms with Crippen molar-refractivity contribution in [3.05, 3.63) is 64.9 Å². The van der Waals surface area contributed by atoms with Crippen molar-refractivity contribution in [3.8, 4) is 0 Å². The average molecular weight is 505 g/mol. The minimum atomic E-state index is -1.01. The number of halogens is 3. The van der Waals surface area contributed by atoms with Crippen LogP contribution in [0.4, 0.5) is 10.1 Å². The van der Waals surface area contributed by atoms with Crippen molar-refractivity contribution in [2.75, 3.05) is 37.6 Å². The zero-order valence-corrected chi connectivity index (χ0v) is 17.8. The van der Waals surface area contributed by atoms with Crippen LogP contribution in [0.15, 0.2) is 53.5 Å². The second-order valence-corrected chi connectivity index (χ2v) is 6.62. The Morgan fingerprint density at radius 2 is 1.74 bits per heavy atom. The molecule has 0 saturated carbocycles. The van der Waals surface area contributed by atoms with E-state index < -0.39 is 11.9 Å². The van der Waals surface area contributed by atoms with Gasteiger partial charge in [-0.05, 0) is 30.3 Å². The van der Waals surface area contributed by atoms with Gasteiger partial charge in [-0.2, -0.15) is 0 Å². The Balaban J connectivity index is 0.00000261. The summed E-state index contributed by atoms with van der Waals surface area (Å²) < 4.78 is 13.7. The smallest absolute Gasteiger partial charge is 0.191 e. The summed E-state index contributed by atoms with van der Waals surface area (Å²) in [5.74, 6) is -0.0681. The number of benzene rings is 2. The molecule has 0 spiro atoms. The third-order valence-corrected chi connectivity index (χ3v) is 4.74. The van der Waals surface area contributed by atoms with Crippen LogP contribution in [0.2, 0.25) is 5.02 Å². The fourth-order valence-corrected chi connectivity index (χ4v) is 3.10. The van der Waals surface area contributed by atoms with Crippen LogP contribution < -0.4 is 10.6 Å². The minimum Gasteiger partial charge on any atom is -0.386 e. The van der Waals surface area contributed by atoms with Crippen LogP contribution in [0.1, 0.15) is 11.7 Å². The lowest BCUT2D eigenvalue weighted by atomic mass is 10.1. The summed E-state index contributed by atoms with van der Waals surface area (Å²) in [6.45, 7) is 3.12. The molecule has 1 saturated heterocycles. The molecule has 27 heavy (non-hydrogen) atoms. The van der Waals surface area contributed by atoms with E-state index in [0.29, 0.717) is 5.96 Å². The Hall–Kier alpha value is -1.58. The van der Waals surface area contributed by atoms with Crippen LogP contribution in [-0.2, 0) is 0 Å². The van der Waals surface area contributed by atoms with Gasteiger partial charge < -0.3 is 20.6 Å². The summed E-state index contributed by atoms with van der Waals surface area (Å²) >= 11 is 5.93. The molecule has 3 rings (SSSR count). The topological polar surface area (TPSA) is 65.1 Å². The lowest BCUT2D eigenvalue weighted by Crippen LogP contribution is -2.51. The molecule has 2 aromatic carbocycles. The molecule has 8 heteroatoms. The van der Waals surface area contributed by atoms with E-state index in [1.165, 1.54) is 6.07 Å². The first-order valence-corrected chi connectivity index (χ1v) is 8.90. The predicted molar refractivity (Wildman–Crippen MR) is 119 cm³/mol. The molecule has 1 heterocycles. The maximum atomic E-state index is 13.7. The van der Waals surface area contributed by atoms with Gasteiger partial charge in [-0.15, -0.1) is 24.0 Å². The van der Waals surface area contributed by atoms with Gasteiger partial charge in [0, 0.05) is 42.5 Å². The van der Waals surface area contributed by atoms with Crippen LogP contribution in [-0.4, -0.2) is 48.7 Å². The normalized spacial score (nSPS) is 16.0. The van der Waals surface area contributed by atoms with E-state index in [-0.39, 0.29) is 36.1 Å². The van der Waals surface area contributed by atoms with Crippen molar-refractivity contribution >= 4 is 47.2 Å². The number of aliphatic hydroxyl groups excluding tert-OH is 1. The van der Waals surface area contributed by atoms with Crippen molar-refractivity contribution in [1.29, 1.82) is 0 Å². The number of aliphatic hydroxyl groups is 1. The largest absolute Gasteiger partial charge is 0.386 e. The molecule has 1 aliphatic rings. The molecule has 146 valence electrons. The minimum absolute atomic E-state index is 0. The van der Waals surface area contributed by atoms with Gasteiger partial charge in [-0.25, -0.2) is 4.39 Å². The molecule has 5 nitrogen and oxygen atoms in total. The third-order valence-electron chi connectivity index (χ3n) is 4.49. The summed E-state index contributed by atoms with van der Waals surface area (Å²) in [5, 5.41) is 10.8. The van der Waals surface area contributed by atoms with E-state index in [1.807, 2.05) is 29.2 Å². The standard InChI is InChI=1S/C19H22ClFN4O.HI/c20-14-5-7-15(8-6-14)24-9-11-25(12-10-24)19(22)23-13-18(26)16-3-1-2-4-17(16)21;/h1-8,18,26H,9-13H2,(H2,22,23);1H. The molecule has 0 aliphatic carbocycles.